The lowest BCUT2D eigenvalue weighted by Crippen LogP contribution is -2.30. The lowest BCUT2D eigenvalue weighted by Gasteiger charge is -2.15. The lowest BCUT2D eigenvalue weighted by molar-refractivity contribution is -0.385. The van der Waals surface area contributed by atoms with Gasteiger partial charge in [0, 0.05) is 11.1 Å². The maximum Gasteiger partial charge on any atom is 0.345 e. The van der Waals surface area contributed by atoms with Gasteiger partial charge in [-0.1, -0.05) is 23.7 Å². The summed E-state index contributed by atoms with van der Waals surface area (Å²) in [6.45, 7) is 3.58. The molecule has 8 nitrogen and oxygen atoms in total. The summed E-state index contributed by atoms with van der Waals surface area (Å²) in [5.74, 6) is -1.13. The van der Waals surface area contributed by atoms with Gasteiger partial charge in [-0.25, -0.2) is 4.79 Å². The third-order valence-corrected chi connectivity index (χ3v) is 3.71. The molecule has 2 rings (SSSR count). The molecule has 1 N–H and O–H groups in total. The molecule has 0 spiro atoms. The third kappa shape index (κ3) is 5.18. The summed E-state index contributed by atoms with van der Waals surface area (Å²) in [5, 5.41) is 13.8. The lowest BCUT2D eigenvalue weighted by atomic mass is 10.2. The second-order valence-electron chi connectivity index (χ2n) is 5.38. The van der Waals surface area contributed by atoms with Crippen LogP contribution in [0.3, 0.4) is 0 Å². The van der Waals surface area contributed by atoms with Crippen LogP contribution in [-0.4, -0.2) is 29.5 Å². The number of amides is 1. The van der Waals surface area contributed by atoms with Crippen molar-refractivity contribution in [2.75, 3.05) is 11.9 Å². The van der Waals surface area contributed by atoms with Crippen molar-refractivity contribution in [1.82, 2.24) is 0 Å². The van der Waals surface area contributed by atoms with Crippen LogP contribution < -0.4 is 10.1 Å². The molecule has 9 heteroatoms. The zero-order chi connectivity index (χ0) is 20.0. The topological polar surface area (TPSA) is 108 Å². The highest BCUT2D eigenvalue weighted by atomic mass is 35.5. The van der Waals surface area contributed by atoms with E-state index in [1.165, 1.54) is 19.1 Å². The van der Waals surface area contributed by atoms with Crippen molar-refractivity contribution >= 4 is 34.9 Å². The van der Waals surface area contributed by atoms with Gasteiger partial charge in [0.1, 0.15) is 11.3 Å². The molecule has 0 aliphatic carbocycles. The molecular formula is C18H17ClN2O6. The maximum absolute atomic E-state index is 12.3. The predicted octanol–water partition coefficient (Wildman–Crippen LogP) is 3.83. The van der Waals surface area contributed by atoms with Crippen LogP contribution in [-0.2, 0) is 9.53 Å². The van der Waals surface area contributed by atoms with Crippen molar-refractivity contribution in [3.63, 3.8) is 0 Å². The van der Waals surface area contributed by atoms with Gasteiger partial charge in [0.2, 0.25) is 0 Å². The van der Waals surface area contributed by atoms with E-state index in [9.17, 15) is 19.7 Å². The Kier molecular flexibility index (Phi) is 6.73. The van der Waals surface area contributed by atoms with Crippen molar-refractivity contribution in [1.29, 1.82) is 0 Å². The first-order valence-corrected chi connectivity index (χ1v) is 8.39. The second-order valence-corrected chi connectivity index (χ2v) is 5.82. The Balaban J connectivity index is 2.11. The number of esters is 1. The number of ether oxygens (including phenoxy) is 2. The average molecular weight is 393 g/mol. The van der Waals surface area contributed by atoms with E-state index in [0.29, 0.717) is 18.0 Å². The standard InChI is InChI=1S/C18H17ClN2O6/c1-3-26-16-7-5-4-6-14(16)20-17(22)11(2)27-18(23)13-9-8-12(19)10-15(13)21(24)25/h4-11H,3H2,1-2H3,(H,20,22). The monoisotopic (exact) mass is 392 g/mol. The molecule has 2 aromatic carbocycles. The minimum atomic E-state index is -1.19. The Morgan fingerprint density at radius 3 is 2.63 bits per heavy atom. The maximum atomic E-state index is 12.3. The number of nitrogens with zero attached hydrogens (tertiary/aromatic N) is 1. The molecule has 1 amide bonds. The van der Waals surface area contributed by atoms with Crippen LogP contribution in [0.4, 0.5) is 11.4 Å². The first-order valence-electron chi connectivity index (χ1n) is 8.01. The summed E-state index contributed by atoms with van der Waals surface area (Å²) in [4.78, 5) is 34.9. The molecule has 0 aliphatic rings. The van der Waals surface area contributed by atoms with Gasteiger partial charge in [-0.15, -0.1) is 0 Å². The molecule has 0 aromatic heterocycles. The van der Waals surface area contributed by atoms with E-state index in [4.69, 9.17) is 21.1 Å². The van der Waals surface area contributed by atoms with E-state index >= 15 is 0 Å². The molecule has 142 valence electrons. The van der Waals surface area contributed by atoms with E-state index in [0.717, 1.165) is 6.07 Å². The van der Waals surface area contributed by atoms with Crippen LogP contribution in [0.25, 0.3) is 0 Å². The number of benzene rings is 2. The largest absolute Gasteiger partial charge is 0.492 e. The highest BCUT2D eigenvalue weighted by Gasteiger charge is 2.26. The van der Waals surface area contributed by atoms with Gasteiger partial charge in [-0.3, -0.25) is 14.9 Å². The van der Waals surface area contributed by atoms with E-state index in [-0.39, 0.29) is 10.6 Å². The number of halogens is 1. The van der Waals surface area contributed by atoms with E-state index in [2.05, 4.69) is 5.32 Å². The molecule has 0 aliphatic heterocycles. The number of nitro groups is 1. The fourth-order valence-corrected chi connectivity index (χ4v) is 2.36. The van der Waals surface area contributed by atoms with Gasteiger partial charge in [-0.2, -0.15) is 0 Å². The van der Waals surface area contributed by atoms with Crippen LogP contribution in [0.1, 0.15) is 24.2 Å². The predicted molar refractivity (Wildman–Crippen MR) is 99.2 cm³/mol. The molecule has 1 atom stereocenters. The van der Waals surface area contributed by atoms with Crippen LogP contribution >= 0.6 is 11.6 Å². The molecule has 0 heterocycles. The van der Waals surface area contributed by atoms with Gasteiger partial charge >= 0.3 is 5.97 Å². The SMILES string of the molecule is CCOc1ccccc1NC(=O)C(C)OC(=O)c1ccc(Cl)cc1[N+](=O)[O-]. The van der Waals surface area contributed by atoms with Crippen molar-refractivity contribution in [3.05, 3.63) is 63.2 Å². The average Bonchev–Trinajstić information content (AvgIpc) is 2.63. The van der Waals surface area contributed by atoms with Gasteiger partial charge in [0.15, 0.2) is 6.10 Å². The van der Waals surface area contributed by atoms with Gasteiger partial charge in [-0.05, 0) is 38.1 Å². The molecule has 0 radical (unpaired) electrons. The molecular weight excluding hydrogens is 376 g/mol. The van der Waals surface area contributed by atoms with Gasteiger partial charge in [0.05, 0.1) is 17.2 Å². The number of rotatable bonds is 7. The number of anilines is 1. The van der Waals surface area contributed by atoms with E-state index in [1.807, 2.05) is 6.92 Å². The minimum absolute atomic E-state index is 0.108. The fraction of sp³-hybridized carbons (Fsp3) is 0.222. The smallest absolute Gasteiger partial charge is 0.345 e. The highest BCUT2D eigenvalue weighted by molar-refractivity contribution is 6.31. The van der Waals surface area contributed by atoms with Crippen molar-refractivity contribution < 1.29 is 24.0 Å². The molecule has 0 saturated heterocycles. The summed E-state index contributed by atoms with van der Waals surface area (Å²) in [6.07, 6.45) is -1.19. The van der Waals surface area contributed by atoms with Crippen LogP contribution in [0.15, 0.2) is 42.5 Å². The fourth-order valence-electron chi connectivity index (χ4n) is 2.19. The number of para-hydroxylation sites is 2. The Hall–Kier alpha value is -3.13. The number of carbonyl (C=O) groups excluding carboxylic acids is 2. The number of hydrogen-bond acceptors (Lipinski definition) is 6. The molecule has 1 unspecified atom stereocenters. The first-order chi connectivity index (χ1) is 12.8. The normalized spacial score (nSPS) is 11.4. The Morgan fingerprint density at radius 1 is 1.26 bits per heavy atom. The summed E-state index contributed by atoms with van der Waals surface area (Å²) in [5.41, 5.74) is -0.370. The van der Waals surface area contributed by atoms with E-state index < -0.39 is 28.6 Å². The van der Waals surface area contributed by atoms with E-state index in [1.54, 1.807) is 24.3 Å². The highest BCUT2D eigenvalue weighted by Crippen LogP contribution is 2.26. The molecule has 0 bridgehead atoms. The van der Waals surface area contributed by atoms with Gasteiger partial charge < -0.3 is 14.8 Å². The summed E-state index contributed by atoms with van der Waals surface area (Å²) >= 11 is 5.72. The number of carbonyl (C=O) groups is 2. The molecule has 0 fully saturated rings. The Morgan fingerprint density at radius 2 is 1.96 bits per heavy atom. The zero-order valence-corrected chi connectivity index (χ0v) is 15.4. The Bertz CT molecular complexity index is 871. The summed E-state index contributed by atoms with van der Waals surface area (Å²) in [7, 11) is 0. The number of hydrogen-bond donors (Lipinski definition) is 1. The molecule has 0 saturated carbocycles. The minimum Gasteiger partial charge on any atom is -0.492 e. The quantitative estimate of drug-likeness (QED) is 0.436. The van der Waals surface area contributed by atoms with Crippen molar-refractivity contribution in [2.45, 2.75) is 20.0 Å². The number of nitrogens with one attached hydrogen (secondary N) is 1. The summed E-state index contributed by atoms with van der Waals surface area (Å²) < 4.78 is 10.5. The number of nitro benzene ring substituents is 1. The second kappa shape index (κ2) is 9.00. The molecule has 2 aromatic rings. The van der Waals surface area contributed by atoms with Crippen molar-refractivity contribution in [3.8, 4) is 5.75 Å². The van der Waals surface area contributed by atoms with Crippen LogP contribution in [0.2, 0.25) is 5.02 Å². The summed E-state index contributed by atoms with van der Waals surface area (Å²) in [6, 6.07) is 10.3. The molecule has 27 heavy (non-hydrogen) atoms. The van der Waals surface area contributed by atoms with Crippen LogP contribution in [0.5, 0.6) is 5.75 Å². The Labute approximate surface area is 160 Å². The first kappa shape index (κ1) is 20.2. The van der Waals surface area contributed by atoms with Crippen LogP contribution in [0, 0.1) is 10.1 Å². The van der Waals surface area contributed by atoms with Crippen molar-refractivity contribution in [2.24, 2.45) is 0 Å². The third-order valence-electron chi connectivity index (χ3n) is 3.47. The van der Waals surface area contributed by atoms with Gasteiger partial charge in [0.25, 0.3) is 11.6 Å². The zero-order valence-electron chi connectivity index (χ0n) is 14.6.